The van der Waals surface area contributed by atoms with E-state index in [0.717, 1.165) is 11.1 Å². The van der Waals surface area contributed by atoms with Crippen LogP contribution in [0.4, 0.5) is 5.69 Å². The number of benzene rings is 3. The first-order valence-corrected chi connectivity index (χ1v) is 12.1. The van der Waals surface area contributed by atoms with Crippen LogP contribution in [0.5, 0.6) is 11.5 Å². The van der Waals surface area contributed by atoms with Gasteiger partial charge in [0, 0.05) is 0 Å². The Hall–Kier alpha value is -4.44. The number of amides is 1. The first kappa shape index (κ1) is 22.1. The summed E-state index contributed by atoms with van der Waals surface area (Å²) in [7, 11) is 0. The third-order valence-electron chi connectivity index (χ3n) is 5.77. The second-order valence-electron chi connectivity index (χ2n) is 8.20. The summed E-state index contributed by atoms with van der Waals surface area (Å²) < 4.78 is 12.1. The highest BCUT2D eigenvalue weighted by Crippen LogP contribution is 2.34. The van der Waals surface area contributed by atoms with E-state index in [4.69, 9.17) is 9.47 Å². The van der Waals surface area contributed by atoms with Crippen molar-refractivity contribution in [2.45, 2.75) is 12.8 Å². The van der Waals surface area contributed by atoms with E-state index in [1.807, 2.05) is 49.4 Å². The number of aryl methyl sites for hydroxylation is 1. The quantitative estimate of drug-likeness (QED) is 0.394. The molecule has 0 atom stereocenters. The smallest absolute Gasteiger partial charge is 0.283 e. The predicted molar refractivity (Wildman–Crippen MR) is 138 cm³/mol. The van der Waals surface area contributed by atoms with Gasteiger partial charge in [-0.05, 0) is 55.0 Å². The minimum absolute atomic E-state index is 0.141. The Balaban J connectivity index is 1.34. The summed E-state index contributed by atoms with van der Waals surface area (Å²) in [6.45, 7) is 2.15. The van der Waals surface area contributed by atoms with Gasteiger partial charge in [-0.25, -0.2) is 4.99 Å². The van der Waals surface area contributed by atoms with E-state index < -0.39 is 0 Å². The zero-order valence-electron chi connectivity index (χ0n) is 19.1. The molecule has 0 aliphatic carbocycles. The Bertz CT molecular complexity index is 1630. The highest BCUT2D eigenvalue weighted by atomic mass is 32.2. The molecular formula is C26H19N5O4S. The first-order valence-electron chi connectivity index (χ1n) is 11.1. The number of anilines is 1. The molecule has 0 fully saturated rings. The van der Waals surface area contributed by atoms with Crippen LogP contribution in [0.15, 0.2) is 82.2 Å². The first-order chi connectivity index (χ1) is 17.6. The van der Waals surface area contributed by atoms with Gasteiger partial charge in [0.15, 0.2) is 16.7 Å². The molecule has 10 heteroatoms. The molecule has 0 spiro atoms. The molecule has 36 heavy (non-hydrogen) atoms. The number of rotatable bonds is 4. The maximum Gasteiger partial charge on any atom is 0.283 e. The number of hydrogen-bond donors (Lipinski definition) is 0. The number of aliphatic imine (C=N–C) groups is 1. The number of carbonyl (C=O) groups is 1. The normalized spacial score (nSPS) is 15.7. The lowest BCUT2D eigenvalue weighted by Gasteiger charge is -2.18. The average Bonchev–Trinajstić information content (AvgIpc) is 3.48. The average molecular weight is 498 g/mol. The number of nitrogens with zero attached hydrogens (tertiary/aromatic N) is 5. The summed E-state index contributed by atoms with van der Waals surface area (Å²) >= 11 is 1.24. The van der Waals surface area contributed by atoms with Crippen LogP contribution in [-0.2, 0) is 10.7 Å². The van der Waals surface area contributed by atoms with Crippen molar-refractivity contribution < 1.29 is 14.3 Å². The van der Waals surface area contributed by atoms with Crippen LogP contribution in [0, 0.1) is 6.92 Å². The van der Waals surface area contributed by atoms with Crippen LogP contribution in [0.25, 0.3) is 17.0 Å². The standard InChI is InChI=1S/C26H19N5O4S/c1-16-6-9-18(10-7-16)31-25(33)21(12-17-8-11-22-23(13-17)35-15-34-22)27-26(31)36-14-30-24(32)19-4-2-3-5-20(19)28-29-30/h2-13H,14-15H2,1H3/b21-12+. The fourth-order valence-electron chi connectivity index (χ4n) is 3.90. The van der Waals surface area contributed by atoms with Gasteiger partial charge in [0.05, 0.1) is 17.0 Å². The van der Waals surface area contributed by atoms with Gasteiger partial charge in [0.25, 0.3) is 11.5 Å². The van der Waals surface area contributed by atoms with E-state index in [0.29, 0.717) is 33.3 Å². The molecular weight excluding hydrogens is 478 g/mol. The molecule has 0 bridgehead atoms. The van der Waals surface area contributed by atoms with Crippen LogP contribution in [0.3, 0.4) is 0 Å². The number of ether oxygens (including phenoxy) is 2. The number of hydrogen-bond acceptors (Lipinski definition) is 8. The van der Waals surface area contributed by atoms with Crippen LogP contribution in [-0.4, -0.2) is 32.9 Å². The number of aromatic nitrogens is 3. The summed E-state index contributed by atoms with van der Waals surface area (Å²) in [4.78, 5) is 32.5. The lowest BCUT2D eigenvalue weighted by Crippen LogP contribution is -2.31. The number of thioether (sulfide) groups is 1. The molecule has 178 valence electrons. The molecule has 2 aliphatic rings. The van der Waals surface area contributed by atoms with Gasteiger partial charge in [-0.15, -0.1) is 5.10 Å². The molecule has 3 heterocycles. The number of fused-ring (bicyclic) bond motifs is 2. The largest absolute Gasteiger partial charge is 0.454 e. The molecule has 4 aromatic rings. The second kappa shape index (κ2) is 8.97. The van der Waals surface area contributed by atoms with Crippen molar-refractivity contribution in [3.63, 3.8) is 0 Å². The van der Waals surface area contributed by atoms with Gasteiger partial charge in [-0.2, -0.15) is 4.68 Å². The zero-order chi connectivity index (χ0) is 24.6. The maximum atomic E-state index is 13.5. The molecule has 2 aliphatic heterocycles. The fourth-order valence-corrected chi connectivity index (χ4v) is 4.79. The van der Waals surface area contributed by atoms with Crippen LogP contribution < -0.4 is 19.9 Å². The molecule has 0 N–H and O–H groups in total. The highest BCUT2D eigenvalue weighted by Gasteiger charge is 2.32. The Labute approximate surface area is 209 Å². The second-order valence-corrected chi connectivity index (χ2v) is 9.11. The van der Waals surface area contributed by atoms with Crippen LogP contribution in [0.1, 0.15) is 11.1 Å². The molecule has 0 saturated heterocycles. The van der Waals surface area contributed by atoms with Gasteiger partial charge in [-0.3, -0.25) is 14.5 Å². The van der Waals surface area contributed by atoms with E-state index in [2.05, 4.69) is 15.3 Å². The molecule has 9 nitrogen and oxygen atoms in total. The zero-order valence-corrected chi connectivity index (χ0v) is 19.9. The SMILES string of the molecule is Cc1ccc(N2C(=O)/C(=C\c3ccc4c(c3)OCO4)N=C2SCn2nnc3ccccc3c2=O)cc1. The van der Waals surface area contributed by atoms with Gasteiger partial charge in [-0.1, -0.05) is 52.9 Å². The molecule has 1 aromatic heterocycles. The van der Waals surface area contributed by atoms with Gasteiger partial charge in [0.1, 0.15) is 11.2 Å². The Morgan fingerprint density at radius 3 is 2.67 bits per heavy atom. The number of carbonyl (C=O) groups excluding carboxylic acids is 1. The van der Waals surface area contributed by atoms with Gasteiger partial charge in [0.2, 0.25) is 6.79 Å². The molecule has 1 amide bonds. The third-order valence-corrected chi connectivity index (χ3v) is 6.67. The van der Waals surface area contributed by atoms with E-state index in [1.54, 1.807) is 35.2 Å². The monoisotopic (exact) mass is 497 g/mol. The predicted octanol–water partition coefficient (Wildman–Crippen LogP) is 3.96. The molecule has 3 aromatic carbocycles. The maximum absolute atomic E-state index is 13.5. The lowest BCUT2D eigenvalue weighted by molar-refractivity contribution is -0.113. The summed E-state index contributed by atoms with van der Waals surface area (Å²) in [6, 6.07) is 20.1. The van der Waals surface area contributed by atoms with Crippen molar-refractivity contribution >= 4 is 45.5 Å². The lowest BCUT2D eigenvalue weighted by atomic mass is 10.1. The van der Waals surface area contributed by atoms with E-state index in [1.165, 1.54) is 16.4 Å². The van der Waals surface area contributed by atoms with Gasteiger partial charge >= 0.3 is 0 Å². The van der Waals surface area contributed by atoms with Crippen molar-refractivity contribution in [3.05, 3.63) is 93.9 Å². The highest BCUT2D eigenvalue weighted by molar-refractivity contribution is 8.13. The van der Waals surface area contributed by atoms with E-state index >= 15 is 0 Å². The van der Waals surface area contributed by atoms with Crippen molar-refractivity contribution in [2.24, 2.45) is 4.99 Å². The summed E-state index contributed by atoms with van der Waals surface area (Å²) in [6.07, 6.45) is 1.71. The van der Waals surface area contributed by atoms with E-state index in [9.17, 15) is 9.59 Å². The third kappa shape index (κ3) is 4.01. The molecule has 6 rings (SSSR count). The summed E-state index contributed by atoms with van der Waals surface area (Å²) in [5.74, 6) is 1.16. The Morgan fingerprint density at radius 2 is 1.81 bits per heavy atom. The van der Waals surface area contributed by atoms with Crippen molar-refractivity contribution in [1.29, 1.82) is 0 Å². The topological polar surface area (TPSA) is 98.9 Å². The van der Waals surface area contributed by atoms with Crippen LogP contribution in [0.2, 0.25) is 0 Å². The molecule has 0 saturated carbocycles. The van der Waals surface area contributed by atoms with Crippen molar-refractivity contribution in [1.82, 2.24) is 15.0 Å². The Morgan fingerprint density at radius 1 is 1.00 bits per heavy atom. The molecule has 0 radical (unpaired) electrons. The summed E-state index contributed by atoms with van der Waals surface area (Å²) in [5, 5.41) is 9.11. The summed E-state index contributed by atoms with van der Waals surface area (Å²) in [5.41, 5.74) is 3.07. The molecule has 0 unspecified atom stereocenters. The minimum atomic E-state index is -0.268. The van der Waals surface area contributed by atoms with Crippen LogP contribution >= 0.6 is 11.8 Å². The number of amidine groups is 1. The van der Waals surface area contributed by atoms with Crippen molar-refractivity contribution in [3.8, 4) is 11.5 Å². The fraction of sp³-hybridized carbons (Fsp3) is 0.115. The van der Waals surface area contributed by atoms with E-state index in [-0.39, 0.29) is 29.8 Å². The van der Waals surface area contributed by atoms with Crippen molar-refractivity contribution in [2.75, 3.05) is 11.7 Å². The van der Waals surface area contributed by atoms with Gasteiger partial charge < -0.3 is 9.47 Å². The minimum Gasteiger partial charge on any atom is -0.454 e. The Kier molecular flexibility index (Phi) is 5.49.